The number of alkyl halides is 3. The number of carbonyl (C=O) groups is 1. The lowest BCUT2D eigenvalue weighted by atomic mass is 9.53. The van der Waals surface area contributed by atoms with Crippen LogP contribution in [0.4, 0.5) is 28.9 Å². The molecule has 33 heavy (non-hydrogen) atoms. The number of halogens is 4. The Balaban J connectivity index is 0.000000325. The monoisotopic (exact) mass is 466 g/mol. The van der Waals surface area contributed by atoms with Gasteiger partial charge in [-0.25, -0.2) is 9.18 Å². The molecule has 1 saturated carbocycles. The third kappa shape index (κ3) is 4.51. The number of benzene rings is 2. The summed E-state index contributed by atoms with van der Waals surface area (Å²) in [6.07, 6.45) is 2.17. The van der Waals surface area contributed by atoms with Gasteiger partial charge in [-0.2, -0.15) is 13.2 Å². The third-order valence-corrected chi connectivity index (χ3v) is 7.14. The Morgan fingerprint density at radius 1 is 1.12 bits per heavy atom. The SMILES string of the molecule is O=C(O)C(F)(F)F.Oc1cc2c(cc1Nc1ccccc1F)C[C@@H]1NCC[C@]23CCCC[C@H]13. The van der Waals surface area contributed by atoms with Crippen molar-refractivity contribution in [3.63, 3.8) is 0 Å². The van der Waals surface area contributed by atoms with Crippen molar-refractivity contribution in [3.05, 3.63) is 53.3 Å². The molecule has 0 aromatic heterocycles. The van der Waals surface area contributed by atoms with E-state index in [9.17, 15) is 22.7 Å². The standard InChI is InChI=1S/C22H25FN2O.C2HF3O2/c23-17-6-1-2-7-18(17)25-20-12-14-11-19-15-5-3-4-8-22(15,9-10-24-19)16(14)13-21(20)26;3-2(4,5)1(6)7/h1-2,6-7,12-13,15,19,24-26H,3-5,8-11H2;(H,6,7)/t15-,19+,22+;/m1./s1. The minimum Gasteiger partial charge on any atom is -0.506 e. The van der Waals surface area contributed by atoms with E-state index in [4.69, 9.17) is 9.90 Å². The van der Waals surface area contributed by atoms with Gasteiger partial charge in [-0.05, 0) is 73.5 Å². The normalized spacial score (nSPS) is 25.7. The van der Waals surface area contributed by atoms with Gasteiger partial charge in [0.1, 0.15) is 11.6 Å². The van der Waals surface area contributed by atoms with Gasteiger partial charge in [0.15, 0.2) is 0 Å². The highest BCUT2D eigenvalue weighted by Gasteiger charge is 2.51. The van der Waals surface area contributed by atoms with Crippen molar-refractivity contribution in [1.29, 1.82) is 0 Å². The zero-order chi connectivity index (χ0) is 23.8. The smallest absolute Gasteiger partial charge is 0.490 e. The molecule has 0 spiro atoms. The number of nitrogens with one attached hydrogen (secondary N) is 2. The summed E-state index contributed by atoms with van der Waals surface area (Å²) in [5.41, 5.74) is 3.85. The zero-order valence-corrected chi connectivity index (χ0v) is 17.9. The molecule has 0 unspecified atom stereocenters. The Hall–Kier alpha value is -2.81. The lowest BCUT2D eigenvalue weighted by molar-refractivity contribution is -0.192. The Labute approximate surface area is 188 Å². The van der Waals surface area contributed by atoms with E-state index < -0.39 is 12.1 Å². The maximum absolute atomic E-state index is 14.0. The van der Waals surface area contributed by atoms with Crippen molar-refractivity contribution in [2.24, 2.45) is 5.92 Å². The molecule has 2 fully saturated rings. The van der Waals surface area contributed by atoms with Gasteiger partial charge in [-0.1, -0.05) is 25.0 Å². The molecule has 3 aliphatic rings. The van der Waals surface area contributed by atoms with Gasteiger partial charge in [0.2, 0.25) is 0 Å². The number of phenolic OH excluding ortho intramolecular Hbond substituents is 1. The second-order valence-corrected chi connectivity index (χ2v) is 8.96. The van der Waals surface area contributed by atoms with Gasteiger partial charge in [0.05, 0.1) is 11.4 Å². The fourth-order valence-corrected chi connectivity index (χ4v) is 5.78. The summed E-state index contributed by atoms with van der Waals surface area (Å²) in [6, 6.07) is 11.1. The number of hydrogen-bond donors (Lipinski definition) is 4. The van der Waals surface area contributed by atoms with Crippen molar-refractivity contribution in [3.8, 4) is 5.75 Å². The molecular formula is C24H26F4N2O3. The predicted molar refractivity (Wildman–Crippen MR) is 115 cm³/mol. The van der Waals surface area contributed by atoms with Crippen LogP contribution >= 0.6 is 0 Å². The molecule has 9 heteroatoms. The molecule has 2 aliphatic carbocycles. The van der Waals surface area contributed by atoms with Gasteiger partial charge < -0.3 is 20.8 Å². The fraction of sp³-hybridized carbons (Fsp3) is 0.458. The number of carboxylic acids is 1. The van der Waals surface area contributed by atoms with Gasteiger partial charge >= 0.3 is 12.1 Å². The Morgan fingerprint density at radius 2 is 1.85 bits per heavy atom. The van der Waals surface area contributed by atoms with E-state index in [0.29, 0.717) is 23.3 Å². The highest BCUT2D eigenvalue weighted by atomic mass is 19.4. The van der Waals surface area contributed by atoms with Crippen LogP contribution in [0.2, 0.25) is 0 Å². The first-order chi connectivity index (χ1) is 15.6. The van der Waals surface area contributed by atoms with Crippen molar-refractivity contribution >= 4 is 17.3 Å². The van der Waals surface area contributed by atoms with Crippen molar-refractivity contribution in [2.75, 3.05) is 11.9 Å². The number of aromatic hydroxyl groups is 1. The molecule has 0 radical (unpaired) electrons. The van der Waals surface area contributed by atoms with Crippen LogP contribution in [0.1, 0.15) is 43.2 Å². The topological polar surface area (TPSA) is 81.6 Å². The molecule has 1 aliphatic heterocycles. The predicted octanol–water partition coefficient (Wildman–Crippen LogP) is 5.25. The number of fused-ring (bicyclic) bond motifs is 1. The molecular weight excluding hydrogens is 440 g/mol. The van der Waals surface area contributed by atoms with Gasteiger partial charge in [-0.15, -0.1) is 0 Å². The summed E-state index contributed by atoms with van der Waals surface area (Å²) in [4.78, 5) is 8.90. The fourth-order valence-electron chi connectivity index (χ4n) is 5.78. The number of anilines is 2. The van der Waals surface area contributed by atoms with Crippen molar-refractivity contribution < 1.29 is 32.6 Å². The first-order valence-electron chi connectivity index (χ1n) is 11.0. The summed E-state index contributed by atoms with van der Waals surface area (Å²) in [5.74, 6) is -2.16. The van der Waals surface area contributed by atoms with E-state index in [1.165, 1.54) is 42.9 Å². The number of carboxylic acid groups (broad SMARTS) is 1. The van der Waals surface area contributed by atoms with Crippen LogP contribution in [0.3, 0.4) is 0 Å². The highest BCUT2D eigenvalue weighted by molar-refractivity contribution is 5.73. The van der Waals surface area contributed by atoms with Crippen LogP contribution in [-0.2, 0) is 16.6 Å². The number of phenols is 1. The second kappa shape index (κ2) is 8.85. The van der Waals surface area contributed by atoms with Crippen LogP contribution < -0.4 is 10.6 Å². The summed E-state index contributed by atoms with van der Waals surface area (Å²) in [6.45, 7) is 1.07. The van der Waals surface area contributed by atoms with Crippen LogP contribution in [-0.4, -0.2) is 34.9 Å². The Morgan fingerprint density at radius 3 is 2.55 bits per heavy atom. The largest absolute Gasteiger partial charge is 0.506 e. The third-order valence-electron chi connectivity index (χ3n) is 7.14. The molecule has 1 saturated heterocycles. The Kier molecular flexibility index (Phi) is 6.26. The van der Waals surface area contributed by atoms with E-state index in [1.807, 2.05) is 12.1 Å². The molecule has 2 aromatic carbocycles. The van der Waals surface area contributed by atoms with E-state index >= 15 is 0 Å². The summed E-state index contributed by atoms with van der Waals surface area (Å²) in [5, 5.41) is 24.6. The maximum Gasteiger partial charge on any atom is 0.490 e. The number of para-hydroxylation sites is 1. The zero-order valence-electron chi connectivity index (χ0n) is 17.9. The van der Waals surface area contributed by atoms with Crippen LogP contribution in [0.15, 0.2) is 36.4 Å². The number of piperidine rings is 1. The number of rotatable bonds is 2. The van der Waals surface area contributed by atoms with Gasteiger partial charge in [0, 0.05) is 11.5 Å². The molecule has 178 valence electrons. The Bertz CT molecular complexity index is 1040. The van der Waals surface area contributed by atoms with E-state index in [2.05, 4.69) is 10.6 Å². The first-order valence-corrected chi connectivity index (χ1v) is 11.0. The molecule has 5 nitrogen and oxygen atoms in total. The maximum atomic E-state index is 14.0. The molecule has 3 atom stereocenters. The minimum atomic E-state index is -5.08. The van der Waals surface area contributed by atoms with Gasteiger partial charge in [0.25, 0.3) is 0 Å². The molecule has 2 aromatic rings. The quantitative estimate of drug-likeness (QED) is 0.359. The van der Waals surface area contributed by atoms with E-state index in [-0.39, 0.29) is 17.0 Å². The van der Waals surface area contributed by atoms with E-state index in [0.717, 1.165) is 19.4 Å². The average molecular weight is 466 g/mol. The summed E-state index contributed by atoms with van der Waals surface area (Å²) in [7, 11) is 0. The van der Waals surface area contributed by atoms with Crippen LogP contribution in [0.5, 0.6) is 5.75 Å². The first kappa shape index (κ1) is 23.4. The number of hydrogen-bond acceptors (Lipinski definition) is 4. The molecule has 0 amide bonds. The van der Waals surface area contributed by atoms with E-state index in [1.54, 1.807) is 18.2 Å². The number of aliphatic carboxylic acids is 1. The summed E-state index contributed by atoms with van der Waals surface area (Å²) >= 11 is 0. The average Bonchev–Trinajstić information content (AvgIpc) is 2.76. The lowest BCUT2D eigenvalue weighted by Gasteiger charge is -2.56. The molecule has 5 rings (SSSR count). The van der Waals surface area contributed by atoms with Crippen molar-refractivity contribution in [2.45, 2.75) is 56.2 Å². The highest BCUT2D eigenvalue weighted by Crippen LogP contribution is 2.55. The molecule has 1 heterocycles. The van der Waals surface area contributed by atoms with Crippen LogP contribution in [0.25, 0.3) is 0 Å². The van der Waals surface area contributed by atoms with Crippen molar-refractivity contribution in [1.82, 2.24) is 5.32 Å². The second-order valence-electron chi connectivity index (χ2n) is 8.96. The molecule has 2 bridgehead atoms. The van der Waals surface area contributed by atoms with Crippen LogP contribution in [0, 0.1) is 11.7 Å². The summed E-state index contributed by atoms with van der Waals surface area (Å²) < 4.78 is 45.7. The van der Waals surface area contributed by atoms with Gasteiger partial charge in [-0.3, -0.25) is 0 Å². The minimum absolute atomic E-state index is 0.218. The molecule has 4 N–H and O–H groups in total. The lowest BCUT2D eigenvalue weighted by Crippen LogP contribution is -2.59.